The van der Waals surface area contributed by atoms with Gasteiger partial charge in [0.25, 0.3) is 0 Å². The van der Waals surface area contributed by atoms with Gasteiger partial charge in [0.05, 0.1) is 0 Å². The molecule has 28 heavy (non-hydrogen) atoms. The van der Waals surface area contributed by atoms with Crippen LogP contribution in [-0.4, -0.2) is 62.0 Å². The number of benzene rings is 1. The van der Waals surface area contributed by atoms with E-state index in [0.29, 0.717) is 12.5 Å². The molecule has 0 spiro atoms. The van der Waals surface area contributed by atoms with E-state index in [1.54, 1.807) is 12.1 Å². The topological polar surface area (TPSA) is 69.8 Å². The number of fused-ring (bicyclic) bond motifs is 1. The Labute approximate surface area is 164 Å². The molecule has 0 amide bonds. The Hall–Kier alpha value is -2.67. The van der Waals surface area contributed by atoms with Crippen LogP contribution in [-0.2, 0) is 6.42 Å². The van der Waals surface area contributed by atoms with Crippen LogP contribution in [0.3, 0.4) is 0 Å². The Bertz CT molecular complexity index is 947. The largest absolute Gasteiger partial charge is 0.508 e. The number of likely N-dealkylation sites (tertiary alicyclic amines) is 1. The number of nitrogens with zero attached hydrogens (tertiary/aromatic N) is 6. The van der Waals surface area contributed by atoms with Gasteiger partial charge in [-0.1, -0.05) is 12.1 Å². The SMILES string of the molecule is Oc1ccc(Cc2nnc3ccc(N4CCC[C@H]4CN4CCCC4)nn23)cc1. The minimum Gasteiger partial charge on any atom is -0.508 e. The van der Waals surface area contributed by atoms with Gasteiger partial charge in [0.2, 0.25) is 0 Å². The minimum atomic E-state index is 0.272. The van der Waals surface area contributed by atoms with Gasteiger partial charge in [-0.05, 0) is 68.6 Å². The minimum absolute atomic E-state index is 0.272. The van der Waals surface area contributed by atoms with Crippen molar-refractivity contribution in [1.29, 1.82) is 0 Å². The average Bonchev–Trinajstić information content (AvgIpc) is 3.46. The van der Waals surface area contributed by atoms with E-state index in [0.717, 1.165) is 35.9 Å². The summed E-state index contributed by atoms with van der Waals surface area (Å²) in [7, 11) is 0. The maximum atomic E-state index is 9.48. The lowest BCUT2D eigenvalue weighted by Gasteiger charge is -2.29. The van der Waals surface area contributed by atoms with E-state index in [1.165, 1.54) is 38.8 Å². The highest BCUT2D eigenvalue weighted by Crippen LogP contribution is 2.26. The highest BCUT2D eigenvalue weighted by molar-refractivity contribution is 5.47. The summed E-state index contributed by atoms with van der Waals surface area (Å²) in [5.41, 5.74) is 1.85. The Morgan fingerprint density at radius 2 is 1.75 bits per heavy atom. The van der Waals surface area contributed by atoms with Crippen molar-refractivity contribution in [1.82, 2.24) is 24.7 Å². The van der Waals surface area contributed by atoms with Crippen molar-refractivity contribution < 1.29 is 5.11 Å². The first kappa shape index (κ1) is 17.4. The maximum absolute atomic E-state index is 9.48. The lowest BCUT2D eigenvalue weighted by atomic mass is 10.1. The molecule has 0 saturated carbocycles. The van der Waals surface area contributed by atoms with Gasteiger partial charge >= 0.3 is 0 Å². The summed E-state index contributed by atoms with van der Waals surface area (Å²) in [4.78, 5) is 5.05. The summed E-state index contributed by atoms with van der Waals surface area (Å²) in [6.45, 7) is 4.67. The lowest BCUT2D eigenvalue weighted by Crippen LogP contribution is -2.39. The van der Waals surface area contributed by atoms with E-state index in [9.17, 15) is 5.11 Å². The molecular formula is C21H26N6O. The first-order valence-electron chi connectivity index (χ1n) is 10.2. The van der Waals surface area contributed by atoms with E-state index in [-0.39, 0.29) is 5.75 Å². The van der Waals surface area contributed by atoms with Crippen molar-refractivity contribution in [3.8, 4) is 5.75 Å². The van der Waals surface area contributed by atoms with E-state index in [1.807, 2.05) is 22.7 Å². The number of aromatic nitrogens is 4. The van der Waals surface area contributed by atoms with E-state index in [4.69, 9.17) is 5.10 Å². The number of hydrogen-bond acceptors (Lipinski definition) is 6. The van der Waals surface area contributed by atoms with Gasteiger partial charge in [0, 0.05) is 25.6 Å². The van der Waals surface area contributed by atoms with Gasteiger partial charge in [-0.25, -0.2) is 0 Å². The van der Waals surface area contributed by atoms with Crippen LogP contribution < -0.4 is 4.90 Å². The van der Waals surface area contributed by atoms with E-state index < -0.39 is 0 Å². The number of hydrogen-bond donors (Lipinski definition) is 1. The van der Waals surface area contributed by atoms with Crippen LogP contribution in [0.25, 0.3) is 5.65 Å². The van der Waals surface area contributed by atoms with Crippen LogP contribution in [0, 0.1) is 0 Å². The number of aromatic hydroxyl groups is 1. The van der Waals surface area contributed by atoms with Crippen molar-refractivity contribution in [2.45, 2.75) is 38.1 Å². The zero-order chi connectivity index (χ0) is 18.9. The molecule has 0 unspecified atom stereocenters. The molecule has 0 aliphatic carbocycles. The Morgan fingerprint density at radius 3 is 2.57 bits per heavy atom. The molecular weight excluding hydrogens is 352 g/mol. The lowest BCUT2D eigenvalue weighted by molar-refractivity contribution is 0.313. The molecule has 2 aromatic heterocycles. The molecule has 2 aliphatic heterocycles. The Balaban J connectivity index is 1.39. The summed E-state index contributed by atoms with van der Waals surface area (Å²) in [6, 6.07) is 11.9. The fourth-order valence-corrected chi connectivity index (χ4v) is 4.47. The fraction of sp³-hybridized carbons (Fsp3) is 0.476. The molecule has 1 aromatic carbocycles. The summed E-state index contributed by atoms with van der Waals surface area (Å²) in [5.74, 6) is 2.10. The van der Waals surface area contributed by atoms with Crippen LogP contribution in [0.1, 0.15) is 37.1 Å². The van der Waals surface area contributed by atoms with Crippen LogP contribution in [0.15, 0.2) is 36.4 Å². The normalized spacial score (nSPS) is 20.4. The quantitative estimate of drug-likeness (QED) is 0.736. The monoisotopic (exact) mass is 378 g/mol. The second kappa shape index (κ2) is 7.39. The smallest absolute Gasteiger partial charge is 0.178 e. The number of rotatable bonds is 5. The number of anilines is 1. The number of phenols is 1. The first-order chi connectivity index (χ1) is 13.8. The second-order valence-corrected chi connectivity index (χ2v) is 7.92. The highest BCUT2D eigenvalue weighted by atomic mass is 16.3. The molecule has 3 aromatic rings. The molecule has 4 heterocycles. The predicted octanol–water partition coefficient (Wildman–Crippen LogP) is 2.49. The zero-order valence-electron chi connectivity index (χ0n) is 16.0. The van der Waals surface area contributed by atoms with Gasteiger partial charge < -0.3 is 14.9 Å². The predicted molar refractivity (Wildman–Crippen MR) is 108 cm³/mol. The molecule has 7 heteroatoms. The first-order valence-corrected chi connectivity index (χ1v) is 10.2. The van der Waals surface area contributed by atoms with Gasteiger partial charge in [0.1, 0.15) is 11.6 Å². The third-order valence-electron chi connectivity index (χ3n) is 5.95. The maximum Gasteiger partial charge on any atom is 0.178 e. The van der Waals surface area contributed by atoms with Crippen molar-refractivity contribution in [3.05, 3.63) is 47.8 Å². The molecule has 146 valence electrons. The standard InChI is InChI=1S/C21H26N6O/c28-18-7-5-16(6-8-18)14-21-23-22-19-9-10-20(24-27(19)21)26-13-3-4-17(26)15-25-11-1-2-12-25/h5-10,17,28H,1-4,11-15H2/t17-/m0/s1. The van der Waals surface area contributed by atoms with E-state index >= 15 is 0 Å². The van der Waals surface area contributed by atoms with Crippen molar-refractivity contribution in [3.63, 3.8) is 0 Å². The van der Waals surface area contributed by atoms with Gasteiger partial charge in [-0.15, -0.1) is 15.3 Å². The van der Waals surface area contributed by atoms with Crippen molar-refractivity contribution in [2.75, 3.05) is 31.1 Å². The Kier molecular flexibility index (Phi) is 4.60. The van der Waals surface area contributed by atoms with E-state index in [2.05, 4.69) is 26.1 Å². The van der Waals surface area contributed by atoms with Crippen LogP contribution in [0.5, 0.6) is 5.75 Å². The second-order valence-electron chi connectivity index (χ2n) is 7.92. The zero-order valence-corrected chi connectivity index (χ0v) is 16.0. The van der Waals surface area contributed by atoms with Crippen molar-refractivity contribution >= 4 is 11.5 Å². The third-order valence-corrected chi connectivity index (χ3v) is 5.95. The molecule has 0 radical (unpaired) electrons. The summed E-state index contributed by atoms with van der Waals surface area (Å²) < 4.78 is 1.87. The molecule has 2 fully saturated rings. The molecule has 7 nitrogen and oxygen atoms in total. The number of phenolic OH excluding ortho intramolecular Hbond substituents is 1. The summed E-state index contributed by atoms with van der Waals surface area (Å²) in [5, 5.41) is 23.0. The van der Waals surface area contributed by atoms with Gasteiger partial charge in [-0.2, -0.15) is 4.52 Å². The van der Waals surface area contributed by atoms with Crippen molar-refractivity contribution in [2.24, 2.45) is 0 Å². The van der Waals surface area contributed by atoms with Crippen LogP contribution in [0.2, 0.25) is 0 Å². The molecule has 1 N–H and O–H groups in total. The summed E-state index contributed by atoms with van der Waals surface area (Å²) in [6.07, 6.45) is 5.76. The third kappa shape index (κ3) is 3.42. The fourth-order valence-electron chi connectivity index (χ4n) is 4.47. The highest BCUT2D eigenvalue weighted by Gasteiger charge is 2.28. The van der Waals surface area contributed by atoms with Crippen LogP contribution in [0.4, 0.5) is 5.82 Å². The van der Waals surface area contributed by atoms with Crippen LogP contribution >= 0.6 is 0 Å². The molecule has 1 atom stereocenters. The Morgan fingerprint density at radius 1 is 0.929 bits per heavy atom. The molecule has 0 bridgehead atoms. The molecule has 5 rings (SSSR count). The molecule has 2 saturated heterocycles. The molecule has 2 aliphatic rings. The van der Waals surface area contributed by atoms with Gasteiger partial charge in [0.15, 0.2) is 11.5 Å². The van der Waals surface area contributed by atoms with Gasteiger partial charge in [-0.3, -0.25) is 0 Å². The summed E-state index contributed by atoms with van der Waals surface area (Å²) >= 11 is 0. The average molecular weight is 378 g/mol.